The van der Waals surface area contributed by atoms with Crippen molar-refractivity contribution in [3.63, 3.8) is 0 Å². The van der Waals surface area contributed by atoms with Gasteiger partial charge in [0.1, 0.15) is 5.75 Å². The summed E-state index contributed by atoms with van der Waals surface area (Å²) in [6, 6.07) is 18.6. The maximum Gasteiger partial charge on any atom is 0.255 e. The van der Waals surface area contributed by atoms with Crippen LogP contribution in [-0.2, 0) is 16.4 Å². The Kier molecular flexibility index (Phi) is 7.44. The van der Waals surface area contributed by atoms with Gasteiger partial charge in [0, 0.05) is 17.1 Å². The van der Waals surface area contributed by atoms with E-state index in [2.05, 4.69) is 10.3 Å². The van der Waals surface area contributed by atoms with E-state index in [0.717, 1.165) is 16.5 Å². The molecule has 188 valence electrons. The monoisotopic (exact) mass is 507 g/mol. The van der Waals surface area contributed by atoms with Gasteiger partial charge in [-0.1, -0.05) is 36.4 Å². The number of nitrogens with two attached hydrogens (primary N) is 1. The van der Waals surface area contributed by atoms with Gasteiger partial charge in [0.25, 0.3) is 5.91 Å². The molecule has 3 aromatic carbocycles. The number of nitrogens with one attached hydrogen (secondary N) is 2. The largest absolute Gasteiger partial charge is 0.490 e. The van der Waals surface area contributed by atoms with Crippen LogP contribution in [-0.4, -0.2) is 43.2 Å². The van der Waals surface area contributed by atoms with Crippen molar-refractivity contribution in [3.8, 4) is 16.9 Å². The van der Waals surface area contributed by atoms with Crippen LogP contribution in [0.2, 0.25) is 0 Å². The minimum Gasteiger partial charge on any atom is -0.490 e. The molecule has 1 heterocycles. The molecule has 0 aliphatic carbocycles. The van der Waals surface area contributed by atoms with Crippen LogP contribution in [0.5, 0.6) is 5.75 Å². The summed E-state index contributed by atoms with van der Waals surface area (Å²) in [6.07, 6.45) is 2.14. The van der Waals surface area contributed by atoms with Crippen LogP contribution in [0.15, 0.2) is 77.8 Å². The molecular weight excluding hydrogens is 478 g/mol. The second-order valence-corrected chi connectivity index (χ2v) is 10.4. The van der Waals surface area contributed by atoms with Crippen molar-refractivity contribution in [2.75, 3.05) is 6.61 Å². The maximum atomic E-state index is 13.4. The van der Waals surface area contributed by atoms with Crippen molar-refractivity contribution in [1.82, 2.24) is 10.3 Å². The maximum absolute atomic E-state index is 13.4. The molecule has 0 aliphatic heterocycles. The van der Waals surface area contributed by atoms with Crippen LogP contribution >= 0.6 is 0 Å². The number of carbonyl (C=O) groups excluding carboxylic acids is 1. The minimum atomic E-state index is -3.88. The standard InChI is InChI=1S/C27H29N3O5S/c1-17(2)35-26-11-10-19(18-6-5-7-22(13-18)36(28,33)34)14-24(26)27(32)30-21(16-31)12-20-15-29-25-9-4-3-8-23(20)25/h3-11,13-15,17,21,29,31H,12,16H2,1-2H3,(H,30,32)(H2,28,33,34)/t21-/m1/s1. The Balaban J connectivity index is 1.64. The number of aromatic nitrogens is 1. The number of fused-ring (bicyclic) bond motifs is 1. The topological polar surface area (TPSA) is 135 Å². The lowest BCUT2D eigenvalue weighted by Gasteiger charge is -2.19. The fourth-order valence-corrected chi connectivity index (χ4v) is 4.65. The number of aromatic amines is 1. The molecule has 0 fully saturated rings. The second-order valence-electron chi connectivity index (χ2n) is 8.87. The molecule has 1 aromatic heterocycles. The molecule has 9 heteroatoms. The fourth-order valence-electron chi connectivity index (χ4n) is 4.09. The van der Waals surface area contributed by atoms with Gasteiger partial charge in [-0.3, -0.25) is 4.79 Å². The smallest absolute Gasteiger partial charge is 0.255 e. The molecular formula is C27H29N3O5S. The van der Waals surface area contributed by atoms with Crippen LogP contribution in [0.3, 0.4) is 0 Å². The molecule has 4 rings (SSSR count). The predicted octanol–water partition coefficient (Wildman–Crippen LogP) is 3.60. The minimum absolute atomic E-state index is 0.0208. The van der Waals surface area contributed by atoms with Gasteiger partial charge >= 0.3 is 0 Å². The first-order valence-corrected chi connectivity index (χ1v) is 13.1. The molecule has 0 unspecified atom stereocenters. The quantitative estimate of drug-likeness (QED) is 0.275. The van der Waals surface area contributed by atoms with Gasteiger partial charge in [-0.05, 0) is 67.3 Å². The van der Waals surface area contributed by atoms with Gasteiger partial charge in [0.05, 0.1) is 29.2 Å². The summed E-state index contributed by atoms with van der Waals surface area (Å²) in [5.41, 5.74) is 3.46. The first-order chi connectivity index (χ1) is 17.2. The van der Waals surface area contributed by atoms with Crippen LogP contribution in [0.1, 0.15) is 29.8 Å². The number of carbonyl (C=O) groups is 1. The van der Waals surface area contributed by atoms with E-state index in [-0.39, 0.29) is 23.2 Å². The van der Waals surface area contributed by atoms with Crippen molar-refractivity contribution in [1.29, 1.82) is 0 Å². The zero-order valence-electron chi connectivity index (χ0n) is 20.1. The normalized spacial score (nSPS) is 12.6. The number of ether oxygens (including phenoxy) is 1. The summed E-state index contributed by atoms with van der Waals surface area (Å²) < 4.78 is 29.5. The number of aliphatic hydroxyl groups excluding tert-OH is 1. The van der Waals surface area contributed by atoms with E-state index < -0.39 is 22.0 Å². The van der Waals surface area contributed by atoms with E-state index in [4.69, 9.17) is 9.88 Å². The number of rotatable bonds is 9. The Bertz CT molecular complexity index is 1490. The Morgan fingerprint density at radius 1 is 1.06 bits per heavy atom. The average Bonchev–Trinajstić information content (AvgIpc) is 3.25. The molecule has 0 saturated carbocycles. The van der Waals surface area contributed by atoms with E-state index in [1.54, 1.807) is 30.3 Å². The van der Waals surface area contributed by atoms with Gasteiger partial charge in [0.15, 0.2) is 0 Å². The predicted molar refractivity (Wildman–Crippen MR) is 139 cm³/mol. The van der Waals surface area contributed by atoms with Crippen LogP contribution in [0.4, 0.5) is 0 Å². The van der Waals surface area contributed by atoms with E-state index in [0.29, 0.717) is 23.3 Å². The van der Waals surface area contributed by atoms with E-state index in [1.165, 1.54) is 12.1 Å². The summed E-state index contributed by atoms with van der Waals surface area (Å²) in [5, 5.41) is 19.3. The molecule has 0 aliphatic rings. The number of aliphatic hydroxyl groups is 1. The van der Waals surface area contributed by atoms with E-state index >= 15 is 0 Å². The molecule has 8 nitrogen and oxygen atoms in total. The van der Waals surface area contributed by atoms with Gasteiger partial charge < -0.3 is 20.1 Å². The van der Waals surface area contributed by atoms with Crippen LogP contribution in [0, 0.1) is 0 Å². The Labute approximate surface area is 210 Å². The number of para-hydroxylation sites is 1. The lowest BCUT2D eigenvalue weighted by atomic mass is 10.0. The van der Waals surface area contributed by atoms with Crippen molar-refractivity contribution < 1.29 is 23.1 Å². The van der Waals surface area contributed by atoms with Crippen molar-refractivity contribution in [3.05, 3.63) is 84.1 Å². The number of hydrogen-bond donors (Lipinski definition) is 4. The Morgan fingerprint density at radius 3 is 2.53 bits per heavy atom. The first-order valence-electron chi connectivity index (χ1n) is 11.6. The van der Waals surface area contributed by atoms with Crippen molar-refractivity contribution in [2.24, 2.45) is 5.14 Å². The molecule has 5 N–H and O–H groups in total. The second kappa shape index (κ2) is 10.5. The third-order valence-electron chi connectivity index (χ3n) is 5.78. The zero-order chi connectivity index (χ0) is 25.9. The Morgan fingerprint density at radius 2 is 1.81 bits per heavy atom. The molecule has 0 bridgehead atoms. The molecule has 0 saturated heterocycles. The number of H-pyrrole nitrogens is 1. The highest BCUT2D eigenvalue weighted by molar-refractivity contribution is 7.89. The molecule has 1 atom stereocenters. The van der Waals surface area contributed by atoms with Gasteiger partial charge in [-0.15, -0.1) is 0 Å². The third kappa shape index (κ3) is 5.76. The van der Waals surface area contributed by atoms with E-state index in [1.807, 2.05) is 44.3 Å². The highest BCUT2D eigenvalue weighted by atomic mass is 32.2. The number of amides is 1. The van der Waals surface area contributed by atoms with Crippen molar-refractivity contribution >= 4 is 26.8 Å². The van der Waals surface area contributed by atoms with Gasteiger partial charge in [-0.2, -0.15) is 0 Å². The molecule has 36 heavy (non-hydrogen) atoms. The lowest BCUT2D eigenvalue weighted by Crippen LogP contribution is -2.39. The number of benzene rings is 3. The summed E-state index contributed by atoms with van der Waals surface area (Å²) in [6.45, 7) is 3.47. The zero-order valence-corrected chi connectivity index (χ0v) is 20.9. The lowest BCUT2D eigenvalue weighted by molar-refractivity contribution is 0.0910. The highest BCUT2D eigenvalue weighted by Gasteiger charge is 2.20. The SMILES string of the molecule is CC(C)Oc1ccc(-c2cccc(S(N)(=O)=O)c2)cc1C(=O)N[C@@H](CO)Cc1c[nH]c2ccccc12. The third-order valence-corrected chi connectivity index (χ3v) is 6.69. The molecule has 0 radical (unpaired) electrons. The summed E-state index contributed by atoms with van der Waals surface area (Å²) in [4.78, 5) is 16.6. The number of sulfonamides is 1. The number of hydrogen-bond acceptors (Lipinski definition) is 5. The Hall–Kier alpha value is -3.66. The average molecular weight is 508 g/mol. The summed E-state index contributed by atoms with van der Waals surface area (Å²) in [5.74, 6) is -0.0216. The molecule has 1 amide bonds. The summed E-state index contributed by atoms with van der Waals surface area (Å²) >= 11 is 0. The van der Waals surface area contributed by atoms with Crippen LogP contribution < -0.4 is 15.2 Å². The van der Waals surface area contributed by atoms with Crippen molar-refractivity contribution in [2.45, 2.75) is 37.3 Å². The van der Waals surface area contributed by atoms with Crippen LogP contribution in [0.25, 0.3) is 22.0 Å². The highest BCUT2D eigenvalue weighted by Crippen LogP contribution is 2.29. The van der Waals surface area contributed by atoms with Gasteiger partial charge in [0.2, 0.25) is 10.0 Å². The number of primary sulfonamides is 1. The fraction of sp³-hybridized carbons (Fsp3) is 0.222. The first kappa shape index (κ1) is 25.4. The van der Waals surface area contributed by atoms with E-state index in [9.17, 15) is 18.3 Å². The molecule has 4 aromatic rings. The van der Waals surface area contributed by atoms with Gasteiger partial charge in [-0.25, -0.2) is 13.6 Å². The summed E-state index contributed by atoms with van der Waals surface area (Å²) in [7, 11) is -3.88. The molecule has 0 spiro atoms.